The number of benzene rings is 2. The van der Waals surface area contributed by atoms with Crippen LogP contribution in [0.1, 0.15) is 30.1 Å². The summed E-state index contributed by atoms with van der Waals surface area (Å²) in [6.07, 6.45) is 1.93. The van der Waals surface area contributed by atoms with E-state index >= 15 is 0 Å². The van der Waals surface area contributed by atoms with E-state index in [0.29, 0.717) is 49.8 Å². The van der Waals surface area contributed by atoms with Crippen molar-refractivity contribution in [1.82, 2.24) is 9.21 Å². The number of hydrogen-bond acceptors (Lipinski definition) is 5. The van der Waals surface area contributed by atoms with Gasteiger partial charge >= 0.3 is 0 Å². The minimum absolute atomic E-state index is 0.230. The van der Waals surface area contributed by atoms with Gasteiger partial charge in [0.1, 0.15) is 5.75 Å². The van der Waals surface area contributed by atoms with Crippen molar-refractivity contribution < 1.29 is 17.9 Å². The number of amides is 1. The van der Waals surface area contributed by atoms with Crippen LogP contribution in [0.5, 0.6) is 5.75 Å². The molecule has 1 fully saturated rings. The van der Waals surface area contributed by atoms with Crippen molar-refractivity contribution in [2.75, 3.05) is 45.2 Å². The number of unbranched alkanes of at least 4 members (excludes halogenated alkanes) is 1. The molecule has 30 heavy (non-hydrogen) atoms. The Balaban J connectivity index is 1.68. The van der Waals surface area contributed by atoms with Crippen molar-refractivity contribution in [3.8, 4) is 5.75 Å². The molecule has 1 N–H and O–H groups in total. The van der Waals surface area contributed by atoms with Gasteiger partial charge in [-0.3, -0.25) is 4.79 Å². The highest BCUT2D eigenvalue weighted by Gasteiger charge is 2.27. The van der Waals surface area contributed by atoms with Crippen LogP contribution in [0.2, 0.25) is 0 Å². The topological polar surface area (TPSA) is 78.9 Å². The third-order valence-corrected chi connectivity index (χ3v) is 7.01. The van der Waals surface area contributed by atoms with Gasteiger partial charge in [0.25, 0.3) is 5.91 Å². The molecule has 0 bridgehead atoms. The number of carbonyl (C=O) groups is 1. The molecule has 1 aliphatic rings. The van der Waals surface area contributed by atoms with E-state index in [0.717, 1.165) is 12.8 Å². The average Bonchev–Trinajstić information content (AvgIpc) is 2.75. The summed E-state index contributed by atoms with van der Waals surface area (Å²) in [6, 6.07) is 13.4. The third kappa shape index (κ3) is 5.38. The molecule has 3 rings (SSSR count). The molecule has 1 saturated heterocycles. The van der Waals surface area contributed by atoms with E-state index in [1.165, 1.54) is 16.4 Å². The summed E-state index contributed by atoms with van der Waals surface area (Å²) in [7, 11) is -1.55. The van der Waals surface area contributed by atoms with E-state index in [9.17, 15) is 13.2 Å². The van der Waals surface area contributed by atoms with Crippen LogP contribution in [0.15, 0.2) is 53.4 Å². The predicted octanol–water partition coefficient (Wildman–Crippen LogP) is 3.05. The Bertz CT molecular complexity index is 953. The van der Waals surface area contributed by atoms with Gasteiger partial charge in [-0.05, 0) is 49.9 Å². The number of likely N-dealkylation sites (N-methyl/N-ethyl adjacent to an activating group) is 1. The zero-order valence-electron chi connectivity index (χ0n) is 17.5. The fraction of sp³-hybridized carbons (Fsp3) is 0.409. The third-order valence-electron chi connectivity index (χ3n) is 5.10. The minimum Gasteiger partial charge on any atom is -0.493 e. The SMILES string of the molecule is CCCCOc1ccccc1C(=O)Nc1ccc(S(=O)(=O)N2CCN(C)CC2)cc1. The van der Waals surface area contributed by atoms with Gasteiger partial charge in [-0.25, -0.2) is 8.42 Å². The second kappa shape index (κ2) is 10.1. The first-order valence-corrected chi connectivity index (χ1v) is 11.7. The van der Waals surface area contributed by atoms with Crippen molar-refractivity contribution >= 4 is 21.6 Å². The second-order valence-corrected chi connectivity index (χ2v) is 9.32. The highest BCUT2D eigenvalue weighted by Crippen LogP contribution is 2.22. The molecular weight excluding hydrogens is 402 g/mol. The maximum absolute atomic E-state index is 12.8. The summed E-state index contributed by atoms with van der Waals surface area (Å²) in [5.41, 5.74) is 0.975. The lowest BCUT2D eigenvalue weighted by Crippen LogP contribution is -2.46. The Kier molecular flexibility index (Phi) is 7.47. The number of anilines is 1. The lowest BCUT2D eigenvalue weighted by molar-refractivity contribution is 0.102. The number of hydrogen-bond donors (Lipinski definition) is 1. The summed E-state index contributed by atoms with van der Waals surface area (Å²) in [5, 5.41) is 2.82. The van der Waals surface area contributed by atoms with Gasteiger partial charge in [0.15, 0.2) is 0 Å². The Morgan fingerprint density at radius 1 is 1.03 bits per heavy atom. The molecule has 0 atom stereocenters. The first-order valence-electron chi connectivity index (χ1n) is 10.2. The highest BCUT2D eigenvalue weighted by molar-refractivity contribution is 7.89. The fourth-order valence-corrected chi connectivity index (χ4v) is 4.61. The van der Waals surface area contributed by atoms with Gasteiger partial charge in [-0.15, -0.1) is 0 Å². The predicted molar refractivity (Wildman–Crippen MR) is 117 cm³/mol. The molecule has 2 aromatic rings. The van der Waals surface area contributed by atoms with Crippen LogP contribution in [-0.4, -0.2) is 63.4 Å². The van der Waals surface area contributed by atoms with Gasteiger partial charge in [0, 0.05) is 31.9 Å². The lowest BCUT2D eigenvalue weighted by atomic mass is 10.2. The summed E-state index contributed by atoms with van der Waals surface area (Å²) in [6.45, 7) is 5.02. The number of nitrogens with one attached hydrogen (secondary N) is 1. The second-order valence-electron chi connectivity index (χ2n) is 7.38. The average molecular weight is 432 g/mol. The van der Waals surface area contributed by atoms with Crippen molar-refractivity contribution in [2.45, 2.75) is 24.7 Å². The van der Waals surface area contributed by atoms with E-state index in [-0.39, 0.29) is 10.8 Å². The maximum Gasteiger partial charge on any atom is 0.259 e. The highest BCUT2D eigenvalue weighted by atomic mass is 32.2. The maximum atomic E-state index is 12.8. The summed E-state index contributed by atoms with van der Waals surface area (Å²) in [4.78, 5) is 15.0. The molecule has 1 amide bonds. The Morgan fingerprint density at radius 3 is 2.37 bits per heavy atom. The van der Waals surface area contributed by atoms with Gasteiger partial charge in [-0.1, -0.05) is 25.5 Å². The zero-order valence-corrected chi connectivity index (χ0v) is 18.3. The number of carbonyl (C=O) groups excluding carboxylic acids is 1. The molecule has 162 valence electrons. The zero-order chi connectivity index (χ0) is 21.6. The van der Waals surface area contributed by atoms with Crippen LogP contribution in [-0.2, 0) is 10.0 Å². The van der Waals surface area contributed by atoms with E-state index in [1.807, 2.05) is 13.1 Å². The van der Waals surface area contributed by atoms with E-state index in [1.54, 1.807) is 30.3 Å². The summed E-state index contributed by atoms with van der Waals surface area (Å²) >= 11 is 0. The summed E-state index contributed by atoms with van der Waals surface area (Å²) in [5.74, 6) is 0.245. The smallest absolute Gasteiger partial charge is 0.259 e. The van der Waals surface area contributed by atoms with Crippen LogP contribution < -0.4 is 10.1 Å². The van der Waals surface area contributed by atoms with Crippen LogP contribution in [0, 0.1) is 0 Å². The van der Waals surface area contributed by atoms with Crippen LogP contribution >= 0.6 is 0 Å². The molecular formula is C22H29N3O4S. The molecule has 0 unspecified atom stereocenters. The van der Waals surface area contributed by atoms with Crippen LogP contribution in [0.4, 0.5) is 5.69 Å². The largest absolute Gasteiger partial charge is 0.493 e. The molecule has 0 saturated carbocycles. The number of nitrogens with zero attached hydrogens (tertiary/aromatic N) is 2. The van der Waals surface area contributed by atoms with E-state index in [4.69, 9.17) is 4.74 Å². The molecule has 1 heterocycles. The first-order chi connectivity index (χ1) is 14.4. The molecule has 0 aromatic heterocycles. The Morgan fingerprint density at radius 2 is 1.70 bits per heavy atom. The fourth-order valence-electron chi connectivity index (χ4n) is 3.19. The van der Waals surface area contributed by atoms with Crippen LogP contribution in [0.25, 0.3) is 0 Å². The van der Waals surface area contributed by atoms with Gasteiger partial charge < -0.3 is 15.0 Å². The molecule has 0 aliphatic carbocycles. The summed E-state index contributed by atoms with van der Waals surface area (Å²) < 4.78 is 32.9. The van der Waals surface area contributed by atoms with Gasteiger partial charge in [0.2, 0.25) is 10.0 Å². The standard InChI is InChI=1S/C22H29N3O4S/c1-3-4-17-29-21-8-6-5-7-20(21)22(26)23-18-9-11-19(12-10-18)30(27,28)25-15-13-24(2)14-16-25/h5-12H,3-4,13-17H2,1-2H3,(H,23,26). The van der Waals surface area contributed by atoms with Gasteiger partial charge in [0.05, 0.1) is 17.1 Å². The number of ether oxygens (including phenoxy) is 1. The quantitative estimate of drug-likeness (QED) is 0.650. The van der Waals surface area contributed by atoms with Crippen molar-refractivity contribution in [1.29, 1.82) is 0 Å². The number of para-hydroxylation sites is 1. The molecule has 2 aromatic carbocycles. The van der Waals surface area contributed by atoms with Crippen molar-refractivity contribution in [3.63, 3.8) is 0 Å². The first kappa shape index (κ1) is 22.3. The van der Waals surface area contributed by atoms with Crippen LogP contribution in [0.3, 0.4) is 0 Å². The monoisotopic (exact) mass is 431 g/mol. The van der Waals surface area contributed by atoms with E-state index in [2.05, 4.69) is 17.1 Å². The number of rotatable bonds is 8. The number of sulfonamides is 1. The Labute approximate surface area is 178 Å². The molecule has 0 radical (unpaired) electrons. The molecule has 7 nitrogen and oxygen atoms in total. The minimum atomic E-state index is -3.53. The number of piperazine rings is 1. The molecule has 1 aliphatic heterocycles. The normalized spacial score (nSPS) is 15.7. The Hall–Kier alpha value is -2.42. The van der Waals surface area contributed by atoms with Crippen molar-refractivity contribution in [2.24, 2.45) is 0 Å². The lowest BCUT2D eigenvalue weighted by Gasteiger charge is -2.31. The molecule has 0 spiro atoms. The van der Waals surface area contributed by atoms with Crippen molar-refractivity contribution in [3.05, 3.63) is 54.1 Å². The van der Waals surface area contributed by atoms with E-state index < -0.39 is 10.0 Å². The van der Waals surface area contributed by atoms with Gasteiger partial charge in [-0.2, -0.15) is 4.31 Å². The molecule has 8 heteroatoms.